The fraction of sp³-hybridized carbons (Fsp3) is 0.316. The zero-order valence-electron chi connectivity index (χ0n) is 14.3. The maximum Gasteiger partial charge on any atom is 0.308 e. The average Bonchev–Trinajstić information content (AvgIpc) is 3.31. The lowest BCUT2D eigenvalue weighted by Gasteiger charge is -2.21. The Hall–Kier alpha value is -3.09. The number of amides is 2. The highest BCUT2D eigenvalue weighted by molar-refractivity contribution is 5.97. The molecule has 1 aliphatic rings. The van der Waals surface area contributed by atoms with Crippen molar-refractivity contribution in [2.45, 2.75) is 18.9 Å². The Bertz CT molecular complexity index is 788. The van der Waals surface area contributed by atoms with Crippen LogP contribution >= 0.6 is 0 Å². The molecule has 26 heavy (non-hydrogen) atoms. The molecular formula is C19H20N2O5. The quantitative estimate of drug-likeness (QED) is 0.850. The van der Waals surface area contributed by atoms with E-state index in [1.54, 1.807) is 6.92 Å². The summed E-state index contributed by atoms with van der Waals surface area (Å²) in [6.07, 6.45) is 2.68. The number of carboxylic acids is 1. The van der Waals surface area contributed by atoms with E-state index < -0.39 is 23.8 Å². The van der Waals surface area contributed by atoms with E-state index in [1.165, 1.54) is 23.5 Å². The van der Waals surface area contributed by atoms with Gasteiger partial charge in [0, 0.05) is 19.0 Å². The van der Waals surface area contributed by atoms with Gasteiger partial charge < -0.3 is 19.7 Å². The largest absolute Gasteiger partial charge is 0.481 e. The highest BCUT2D eigenvalue weighted by Crippen LogP contribution is 2.33. The summed E-state index contributed by atoms with van der Waals surface area (Å²) in [5, 5.41) is 12.2. The van der Waals surface area contributed by atoms with Crippen LogP contribution < -0.4 is 5.32 Å². The number of nitrogens with zero attached hydrogens (tertiary/aromatic N) is 1. The van der Waals surface area contributed by atoms with Crippen molar-refractivity contribution in [3.05, 3.63) is 60.1 Å². The lowest BCUT2D eigenvalue weighted by Crippen LogP contribution is -2.46. The number of benzene rings is 1. The van der Waals surface area contributed by atoms with Crippen molar-refractivity contribution in [1.29, 1.82) is 0 Å². The van der Waals surface area contributed by atoms with Crippen molar-refractivity contribution in [3.63, 3.8) is 0 Å². The summed E-state index contributed by atoms with van der Waals surface area (Å²) in [5.41, 5.74) is 1.22. The standard InChI is InChI=1S/C19H20N2O5/c1-12(20-17(22)14-7-8-26-11-14)18(23)21-9-15(16(10-21)19(24)25)13-5-3-2-4-6-13/h2-8,11-12,15-16H,9-10H2,1H3,(H,20,22)(H,24,25). The molecule has 1 aromatic heterocycles. The molecule has 2 aromatic rings. The monoisotopic (exact) mass is 356 g/mol. The van der Waals surface area contributed by atoms with Crippen LogP contribution in [0, 0.1) is 5.92 Å². The van der Waals surface area contributed by atoms with Crippen LogP contribution in [0.25, 0.3) is 0 Å². The zero-order valence-corrected chi connectivity index (χ0v) is 14.3. The first-order valence-corrected chi connectivity index (χ1v) is 8.37. The van der Waals surface area contributed by atoms with E-state index in [2.05, 4.69) is 5.32 Å². The van der Waals surface area contributed by atoms with E-state index in [0.717, 1.165) is 5.56 Å². The number of rotatable bonds is 5. The summed E-state index contributed by atoms with van der Waals surface area (Å²) in [5.74, 6) is -2.57. The second-order valence-electron chi connectivity index (χ2n) is 6.41. The molecule has 2 N–H and O–H groups in total. The van der Waals surface area contributed by atoms with Gasteiger partial charge in [0.15, 0.2) is 0 Å². The highest BCUT2D eigenvalue weighted by Gasteiger charge is 2.41. The van der Waals surface area contributed by atoms with Crippen LogP contribution in [-0.2, 0) is 9.59 Å². The van der Waals surface area contributed by atoms with E-state index in [-0.39, 0.29) is 18.4 Å². The van der Waals surface area contributed by atoms with Gasteiger partial charge in [-0.3, -0.25) is 14.4 Å². The number of carbonyl (C=O) groups is 3. The van der Waals surface area contributed by atoms with Crippen LogP contribution in [0.4, 0.5) is 0 Å². The van der Waals surface area contributed by atoms with Gasteiger partial charge >= 0.3 is 5.97 Å². The number of hydrogen-bond donors (Lipinski definition) is 2. The van der Waals surface area contributed by atoms with Gasteiger partial charge in [-0.15, -0.1) is 0 Å². The van der Waals surface area contributed by atoms with Crippen LogP contribution in [0.1, 0.15) is 28.8 Å². The van der Waals surface area contributed by atoms with Gasteiger partial charge in [0.2, 0.25) is 5.91 Å². The van der Waals surface area contributed by atoms with Crippen molar-refractivity contribution < 1.29 is 23.9 Å². The Morgan fingerprint density at radius 3 is 2.54 bits per heavy atom. The van der Waals surface area contributed by atoms with E-state index >= 15 is 0 Å². The van der Waals surface area contributed by atoms with Gasteiger partial charge in [-0.25, -0.2) is 0 Å². The Balaban J connectivity index is 1.69. The SMILES string of the molecule is CC(NC(=O)c1ccoc1)C(=O)N1CC(C(=O)O)C(c2ccccc2)C1. The predicted octanol–water partition coefficient (Wildman–Crippen LogP) is 1.72. The Kier molecular flexibility index (Phi) is 5.06. The van der Waals surface area contributed by atoms with E-state index in [9.17, 15) is 19.5 Å². The maximum atomic E-state index is 12.7. The normalized spacial score (nSPS) is 20.6. The average molecular weight is 356 g/mol. The van der Waals surface area contributed by atoms with E-state index in [1.807, 2.05) is 30.3 Å². The molecule has 7 nitrogen and oxygen atoms in total. The Labute approximate surface area is 150 Å². The molecule has 2 amide bonds. The van der Waals surface area contributed by atoms with Crippen LogP contribution in [-0.4, -0.2) is 46.9 Å². The number of nitrogens with one attached hydrogen (secondary N) is 1. The lowest BCUT2D eigenvalue weighted by atomic mass is 9.89. The molecule has 0 saturated carbocycles. The minimum atomic E-state index is -0.927. The molecular weight excluding hydrogens is 336 g/mol. The van der Waals surface area contributed by atoms with Gasteiger partial charge in [0.25, 0.3) is 5.91 Å². The highest BCUT2D eigenvalue weighted by atomic mass is 16.4. The Morgan fingerprint density at radius 2 is 1.92 bits per heavy atom. The minimum Gasteiger partial charge on any atom is -0.481 e. The second kappa shape index (κ2) is 7.43. The van der Waals surface area contributed by atoms with Gasteiger partial charge in [-0.2, -0.15) is 0 Å². The number of likely N-dealkylation sites (tertiary alicyclic amines) is 1. The predicted molar refractivity (Wildman–Crippen MR) is 92.5 cm³/mol. The lowest BCUT2D eigenvalue weighted by molar-refractivity contribution is -0.142. The molecule has 2 heterocycles. The number of carbonyl (C=O) groups excluding carboxylic acids is 2. The van der Waals surface area contributed by atoms with Crippen LogP contribution in [0.5, 0.6) is 0 Å². The molecule has 136 valence electrons. The third kappa shape index (κ3) is 3.61. The summed E-state index contributed by atoms with van der Waals surface area (Å²) in [6.45, 7) is 2.03. The first kappa shape index (κ1) is 17.7. The molecule has 0 bridgehead atoms. The third-order valence-electron chi connectivity index (χ3n) is 4.68. The van der Waals surface area contributed by atoms with Crippen molar-refractivity contribution in [3.8, 4) is 0 Å². The molecule has 1 aromatic carbocycles. The Morgan fingerprint density at radius 1 is 1.19 bits per heavy atom. The zero-order chi connectivity index (χ0) is 18.7. The van der Waals surface area contributed by atoms with Gasteiger partial charge in [0.1, 0.15) is 12.3 Å². The minimum absolute atomic E-state index is 0.125. The van der Waals surface area contributed by atoms with Crippen molar-refractivity contribution in [2.75, 3.05) is 13.1 Å². The first-order chi connectivity index (χ1) is 12.5. The fourth-order valence-electron chi connectivity index (χ4n) is 3.28. The van der Waals surface area contributed by atoms with E-state index in [0.29, 0.717) is 12.1 Å². The topological polar surface area (TPSA) is 99.9 Å². The van der Waals surface area contributed by atoms with Crippen LogP contribution in [0.2, 0.25) is 0 Å². The molecule has 7 heteroatoms. The summed E-state index contributed by atoms with van der Waals surface area (Å²) in [4.78, 5) is 37.9. The maximum absolute atomic E-state index is 12.7. The molecule has 1 saturated heterocycles. The first-order valence-electron chi connectivity index (χ1n) is 8.37. The molecule has 3 atom stereocenters. The van der Waals surface area contributed by atoms with Crippen molar-refractivity contribution in [2.24, 2.45) is 5.92 Å². The van der Waals surface area contributed by atoms with Gasteiger partial charge in [-0.1, -0.05) is 30.3 Å². The molecule has 3 rings (SSSR count). The summed E-state index contributed by atoms with van der Waals surface area (Å²) < 4.78 is 4.86. The van der Waals surface area contributed by atoms with Crippen molar-refractivity contribution >= 4 is 17.8 Å². The number of furan rings is 1. The van der Waals surface area contributed by atoms with Gasteiger partial charge in [-0.05, 0) is 18.6 Å². The molecule has 0 spiro atoms. The van der Waals surface area contributed by atoms with Crippen LogP contribution in [0.15, 0.2) is 53.3 Å². The third-order valence-corrected chi connectivity index (χ3v) is 4.68. The van der Waals surface area contributed by atoms with Crippen LogP contribution in [0.3, 0.4) is 0 Å². The molecule has 0 aliphatic carbocycles. The smallest absolute Gasteiger partial charge is 0.308 e. The number of hydrogen-bond acceptors (Lipinski definition) is 4. The fourth-order valence-corrected chi connectivity index (χ4v) is 3.28. The van der Waals surface area contributed by atoms with E-state index in [4.69, 9.17) is 4.42 Å². The summed E-state index contributed by atoms with van der Waals surface area (Å²) in [7, 11) is 0. The summed E-state index contributed by atoms with van der Waals surface area (Å²) in [6, 6.07) is 10.1. The van der Waals surface area contributed by atoms with Gasteiger partial charge in [0.05, 0.1) is 17.7 Å². The molecule has 1 fully saturated rings. The summed E-state index contributed by atoms with van der Waals surface area (Å²) >= 11 is 0. The number of aliphatic carboxylic acids is 1. The molecule has 1 aliphatic heterocycles. The number of carboxylic acid groups (broad SMARTS) is 1. The molecule has 0 radical (unpaired) electrons. The van der Waals surface area contributed by atoms with Crippen molar-refractivity contribution in [1.82, 2.24) is 10.2 Å². The molecule has 3 unspecified atom stereocenters. The second-order valence-corrected chi connectivity index (χ2v) is 6.41.